The number of nitrogens with zero attached hydrogens (tertiary/aromatic N) is 2. The average molecular weight is 248 g/mol. The monoisotopic (exact) mass is 248 g/mol. The van der Waals surface area contributed by atoms with Crippen LogP contribution in [0, 0.1) is 5.92 Å². The highest BCUT2D eigenvalue weighted by atomic mass is 16.6. The second kappa shape index (κ2) is 4.34. The molecule has 2 atom stereocenters. The van der Waals surface area contributed by atoms with Gasteiger partial charge in [-0.2, -0.15) is 0 Å². The zero-order valence-corrected chi connectivity index (χ0v) is 11.0. The van der Waals surface area contributed by atoms with E-state index in [1.165, 1.54) is 5.69 Å². The number of amides is 1. The minimum Gasteiger partial charge on any atom is -0.447 e. The van der Waals surface area contributed by atoms with E-state index in [1.807, 2.05) is 4.90 Å². The maximum absolute atomic E-state index is 12.0. The lowest BCUT2D eigenvalue weighted by molar-refractivity contribution is 0.127. The smallest absolute Gasteiger partial charge is 0.410 e. The summed E-state index contributed by atoms with van der Waals surface area (Å²) in [6, 6.07) is 4.60. The lowest BCUT2D eigenvalue weighted by Gasteiger charge is -2.35. The number of carbonyl (C=O) groups is 1. The summed E-state index contributed by atoms with van der Waals surface area (Å²) in [7, 11) is 0. The van der Waals surface area contributed by atoms with E-state index < -0.39 is 0 Å². The molecule has 0 unspecified atom stereocenters. The number of rotatable bonds is 2. The molecular formula is C14H20N2O2. The Kier molecular flexibility index (Phi) is 2.80. The molecule has 0 N–H and O–H groups in total. The summed E-state index contributed by atoms with van der Waals surface area (Å²) in [5.74, 6) is 0.432. The van der Waals surface area contributed by atoms with Gasteiger partial charge in [-0.05, 0) is 30.9 Å². The molecule has 3 heterocycles. The molecule has 0 spiro atoms. The van der Waals surface area contributed by atoms with E-state index in [9.17, 15) is 4.79 Å². The molecule has 1 fully saturated rings. The van der Waals surface area contributed by atoms with Gasteiger partial charge in [-0.3, -0.25) is 4.90 Å². The Bertz CT molecular complexity index is 452. The Morgan fingerprint density at radius 2 is 2.28 bits per heavy atom. The average Bonchev–Trinajstić information content (AvgIpc) is 2.94. The maximum Gasteiger partial charge on any atom is 0.410 e. The number of aryl methyl sites for hydroxylation is 1. The molecule has 2 aliphatic rings. The Morgan fingerprint density at radius 3 is 3.06 bits per heavy atom. The molecule has 1 aromatic rings. The summed E-state index contributed by atoms with van der Waals surface area (Å²) in [4.78, 5) is 14.0. The number of carbonyl (C=O) groups excluding carboxylic acids is 1. The lowest BCUT2D eigenvalue weighted by atomic mass is 9.97. The quantitative estimate of drug-likeness (QED) is 0.806. The van der Waals surface area contributed by atoms with Gasteiger partial charge in [0.05, 0.1) is 12.1 Å². The van der Waals surface area contributed by atoms with E-state index in [-0.39, 0.29) is 18.2 Å². The van der Waals surface area contributed by atoms with Crippen molar-refractivity contribution in [3.05, 3.63) is 24.0 Å². The molecule has 1 saturated heterocycles. The molecule has 98 valence electrons. The highest BCUT2D eigenvalue weighted by Crippen LogP contribution is 2.36. The number of fused-ring (bicyclic) bond motifs is 1. The van der Waals surface area contributed by atoms with Gasteiger partial charge >= 0.3 is 6.09 Å². The molecule has 2 aliphatic heterocycles. The van der Waals surface area contributed by atoms with Gasteiger partial charge in [0.25, 0.3) is 0 Å². The number of aromatic nitrogens is 1. The summed E-state index contributed by atoms with van der Waals surface area (Å²) in [5.41, 5.74) is 1.26. The van der Waals surface area contributed by atoms with Crippen molar-refractivity contribution in [2.75, 3.05) is 6.61 Å². The molecule has 0 aliphatic carbocycles. The van der Waals surface area contributed by atoms with E-state index in [2.05, 4.69) is 36.7 Å². The topological polar surface area (TPSA) is 34.5 Å². The van der Waals surface area contributed by atoms with Crippen molar-refractivity contribution >= 4 is 6.09 Å². The zero-order chi connectivity index (χ0) is 12.7. The third kappa shape index (κ3) is 1.71. The summed E-state index contributed by atoms with van der Waals surface area (Å²) < 4.78 is 7.52. The molecule has 1 amide bonds. The first-order chi connectivity index (χ1) is 8.68. The first-order valence-electron chi connectivity index (χ1n) is 6.78. The molecule has 4 heteroatoms. The van der Waals surface area contributed by atoms with Crippen molar-refractivity contribution in [2.45, 2.75) is 45.3 Å². The number of cyclic esters (lactones) is 1. The van der Waals surface area contributed by atoms with Crippen LogP contribution in [-0.2, 0) is 11.3 Å². The summed E-state index contributed by atoms with van der Waals surface area (Å²) in [6.07, 6.45) is 4.13. The molecule has 0 saturated carbocycles. The Hall–Kier alpha value is -1.45. The van der Waals surface area contributed by atoms with Crippen LogP contribution in [0.15, 0.2) is 18.3 Å². The predicted molar refractivity (Wildman–Crippen MR) is 68.2 cm³/mol. The Morgan fingerprint density at radius 1 is 1.44 bits per heavy atom. The molecule has 18 heavy (non-hydrogen) atoms. The van der Waals surface area contributed by atoms with Crippen molar-refractivity contribution in [2.24, 2.45) is 5.92 Å². The van der Waals surface area contributed by atoms with Gasteiger partial charge in [-0.1, -0.05) is 13.8 Å². The molecular weight excluding hydrogens is 228 g/mol. The number of ether oxygens (including phenoxy) is 1. The van der Waals surface area contributed by atoms with Crippen LogP contribution in [0.25, 0.3) is 0 Å². The van der Waals surface area contributed by atoms with Gasteiger partial charge in [0.15, 0.2) is 0 Å². The first kappa shape index (κ1) is 11.6. The van der Waals surface area contributed by atoms with Crippen LogP contribution in [0.5, 0.6) is 0 Å². The molecule has 4 nitrogen and oxygen atoms in total. The minimum absolute atomic E-state index is 0.145. The molecule has 0 bridgehead atoms. The molecule has 1 aromatic heterocycles. The van der Waals surface area contributed by atoms with Crippen LogP contribution in [-0.4, -0.2) is 28.2 Å². The van der Waals surface area contributed by atoms with Crippen molar-refractivity contribution < 1.29 is 9.53 Å². The Labute approximate surface area is 108 Å². The van der Waals surface area contributed by atoms with Gasteiger partial charge < -0.3 is 9.30 Å². The van der Waals surface area contributed by atoms with Gasteiger partial charge in [0.2, 0.25) is 0 Å². The van der Waals surface area contributed by atoms with Crippen LogP contribution in [0.3, 0.4) is 0 Å². The van der Waals surface area contributed by atoms with E-state index in [0.29, 0.717) is 12.5 Å². The second-order valence-electron chi connectivity index (χ2n) is 5.58. The Balaban J connectivity index is 1.93. The van der Waals surface area contributed by atoms with Gasteiger partial charge in [-0.25, -0.2) is 4.79 Å². The summed E-state index contributed by atoms with van der Waals surface area (Å²) >= 11 is 0. The van der Waals surface area contributed by atoms with Gasteiger partial charge in [-0.15, -0.1) is 0 Å². The third-order valence-corrected chi connectivity index (χ3v) is 4.13. The van der Waals surface area contributed by atoms with Crippen LogP contribution >= 0.6 is 0 Å². The largest absolute Gasteiger partial charge is 0.447 e. The van der Waals surface area contributed by atoms with Crippen LogP contribution in [0.1, 0.15) is 38.4 Å². The fourth-order valence-corrected chi connectivity index (χ4v) is 3.14. The fourth-order valence-electron chi connectivity index (χ4n) is 3.14. The van der Waals surface area contributed by atoms with E-state index in [4.69, 9.17) is 4.74 Å². The van der Waals surface area contributed by atoms with Crippen molar-refractivity contribution in [3.63, 3.8) is 0 Å². The van der Waals surface area contributed by atoms with Crippen molar-refractivity contribution in [3.8, 4) is 0 Å². The van der Waals surface area contributed by atoms with Gasteiger partial charge in [0, 0.05) is 18.4 Å². The molecule has 0 radical (unpaired) electrons. The predicted octanol–water partition coefficient (Wildman–Crippen LogP) is 2.80. The lowest BCUT2D eigenvalue weighted by Crippen LogP contribution is -2.41. The first-order valence-corrected chi connectivity index (χ1v) is 6.78. The van der Waals surface area contributed by atoms with Crippen LogP contribution < -0.4 is 0 Å². The maximum atomic E-state index is 12.0. The normalized spacial score (nSPS) is 27.5. The zero-order valence-electron chi connectivity index (χ0n) is 11.0. The standard InChI is InChI=1S/C14H20N2O2/c1-10(2)13-9-18-14(17)16(13)12-6-4-8-15-7-3-5-11(12)15/h3,5,7,10,12-13H,4,6,8-9H2,1-2H3/t12-,13+/m0/s1. The number of hydrogen-bond acceptors (Lipinski definition) is 2. The molecule has 0 aromatic carbocycles. The van der Waals surface area contributed by atoms with Crippen LogP contribution in [0.4, 0.5) is 4.79 Å². The summed E-state index contributed by atoms with van der Waals surface area (Å²) in [6.45, 7) is 5.91. The third-order valence-electron chi connectivity index (χ3n) is 4.13. The highest BCUT2D eigenvalue weighted by molar-refractivity contribution is 5.70. The number of hydrogen-bond donors (Lipinski definition) is 0. The van der Waals surface area contributed by atoms with Gasteiger partial charge in [0.1, 0.15) is 6.61 Å². The summed E-state index contributed by atoms with van der Waals surface area (Å²) in [5, 5.41) is 0. The SMILES string of the molecule is CC(C)[C@H]1COC(=O)N1[C@H]1CCCn2cccc21. The van der Waals surface area contributed by atoms with Crippen LogP contribution in [0.2, 0.25) is 0 Å². The highest BCUT2D eigenvalue weighted by Gasteiger charge is 2.41. The van der Waals surface area contributed by atoms with E-state index in [0.717, 1.165) is 19.4 Å². The minimum atomic E-state index is -0.145. The van der Waals surface area contributed by atoms with Crippen molar-refractivity contribution in [1.29, 1.82) is 0 Å². The second-order valence-corrected chi connectivity index (χ2v) is 5.58. The van der Waals surface area contributed by atoms with E-state index >= 15 is 0 Å². The van der Waals surface area contributed by atoms with E-state index in [1.54, 1.807) is 0 Å². The van der Waals surface area contributed by atoms with Crippen molar-refractivity contribution in [1.82, 2.24) is 9.47 Å². The fraction of sp³-hybridized carbons (Fsp3) is 0.643. The molecule has 3 rings (SSSR count).